The van der Waals surface area contributed by atoms with Gasteiger partial charge < -0.3 is 4.74 Å². The quantitative estimate of drug-likeness (QED) is 0.451. The number of benzene rings is 1. The first-order chi connectivity index (χ1) is 9.54. The number of aryl methyl sites for hydroxylation is 1. The van der Waals surface area contributed by atoms with Gasteiger partial charge in [0.2, 0.25) is 0 Å². The van der Waals surface area contributed by atoms with Gasteiger partial charge in [-0.2, -0.15) is 0 Å². The Kier molecular flexibility index (Phi) is 7.94. The molecule has 0 bridgehead atoms. The van der Waals surface area contributed by atoms with Gasteiger partial charge in [-0.3, -0.25) is 0 Å². The summed E-state index contributed by atoms with van der Waals surface area (Å²) in [5.74, 6) is 1.72. The van der Waals surface area contributed by atoms with Crippen LogP contribution >= 0.6 is 23.2 Å². The van der Waals surface area contributed by atoms with Gasteiger partial charge in [0, 0.05) is 30.4 Å². The van der Waals surface area contributed by atoms with E-state index in [1.807, 2.05) is 0 Å². The lowest BCUT2D eigenvalue weighted by molar-refractivity contribution is 0.109. The zero-order chi connectivity index (χ0) is 15.0. The molecule has 114 valence electrons. The Bertz CT molecular complexity index is 369. The summed E-state index contributed by atoms with van der Waals surface area (Å²) in [6, 6.07) is 8.49. The molecule has 0 saturated carbocycles. The highest BCUT2D eigenvalue weighted by Gasteiger charge is 2.30. The van der Waals surface area contributed by atoms with Gasteiger partial charge in [-0.1, -0.05) is 43.7 Å². The molecule has 1 aromatic rings. The number of alkyl halides is 2. The average Bonchev–Trinajstić information content (AvgIpc) is 2.44. The predicted octanol–water partition coefficient (Wildman–Crippen LogP) is 5.16. The van der Waals surface area contributed by atoms with Gasteiger partial charge in [0.1, 0.15) is 0 Å². The van der Waals surface area contributed by atoms with Crippen molar-refractivity contribution in [2.75, 3.05) is 25.0 Å². The maximum Gasteiger partial charge on any atom is 0.0475 e. The van der Waals surface area contributed by atoms with E-state index in [1.54, 1.807) is 0 Å². The molecular weight excluding hydrogens is 291 g/mol. The number of hydrogen-bond acceptors (Lipinski definition) is 1. The van der Waals surface area contributed by atoms with Crippen molar-refractivity contribution in [3.8, 4) is 0 Å². The molecule has 3 heteroatoms. The Morgan fingerprint density at radius 3 is 2.15 bits per heavy atom. The summed E-state index contributed by atoms with van der Waals surface area (Å²) in [6.07, 6.45) is 1.96. The van der Waals surface area contributed by atoms with Crippen molar-refractivity contribution in [3.05, 3.63) is 35.4 Å². The van der Waals surface area contributed by atoms with Crippen LogP contribution < -0.4 is 0 Å². The van der Waals surface area contributed by atoms with Crippen LogP contribution in [0.1, 0.15) is 37.8 Å². The van der Waals surface area contributed by atoms with Crippen LogP contribution in [0.3, 0.4) is 0 Å². The van der Waals surface area contributed by atoms with Gasteiger partial charge in [-0.15, -0.1) is 23.2 Å². The lowest BCUT2D eigenvalue weighted by Gasteiger charge is -2.30. The summed E-state index contributed by atoms with van der Waals surface area (Å²) in [7, 11) is 0. The highest BCUT2D eigenvalue weighted by atomic mass is 35.5. The maximum atomic E-state index is 6.22. The van der Waals surface area contributed by atoms with E-state index in [4.69, 9.17) is 27.9 Å². The molecule has 0 N–H and O–H groups in total. The molecule has 0 aromatic heterocycles. The van der Waals surface area contributed by atoms with Crippen LogP contribution in [0.15, 0.2) is 24.3 Å². The highest BCUT2D eigenvalue weighted by Crippen LogP contribution is 2.31. The van der Waals surface area contributed by atoms with E-state index in [0.29, 0.717) is 24.3 Å². The normalized spacial score (nSPS) is 12.1. The van der Waals surface area contributed by atoms with Crippen molar-refractivity contribution in [2.24, 2.45) is 5.92 Å². The molecule has 0 aliphatic carbocycles. The molecule has 1 rings (SSSR count). The maximum absolute atomic E-state index is 6.22. The van der Waals surface area contributed by atoms with E-state index >= 15 is 0 Å². The van der Waals surface area contributed by atoms with E-state index < -0.39 is 0 Å². The first kappa shape index (κ1) is 17.8. The second-order valence-corrected chi connectivity index (χ2v) is 6.49. The molecule has 20 heavy (non-hydrogen) atoms. The third-order valence-corrected chi connectivity index (χ3v) is 4.76. The van der Waals surface area contributed by atoms with Gasteiger partial charge in [-0.05, 0) is 31.2 Å². The Balaban J connectivity index is 2.60. The smallest absolute Gasteiger partial charge is 0.0475 e. The van der Waals surface area contributed by atoms with Gasteiger partial charge in [0.05, 0.1) is 0 Å². The molecule has 0 spiro atoms. The Labute approximate surface area is 133 Å². The zero-order valence-electron chi connectivity index (χ0n) is 12.8. The van der Waals surface area contributed by atoms with Crippen LogP contribution in [0.5, 0.6) is 0 Å². The molecule has 1 aromatic carbocycles. The minimum atomic E-state index is -0.186. The van der Waals surface area contributed by atoms with Crippen molar-refractivity contribution in [1.29, 1.82) is 0 Å². The fraction of sp³-hybridized carbons (Fsp3) is 0.647. The molecule has 0 atom stereocenters. The summed E-state index contributed by atoms with van der Waals surface area (Å²) < 4.78 is 5.73. The second-order valence-electron chi connectivity index (χ2n) is 5.96. The van der Waals surface area contributed by atoms with E-state index in [-0.39, 0.29) is 5.41 Å². The van der Waals surface area contributed by atoms with Crippen LogP contribution in [0.25, 0.3) is 0 Å². The minimum Gasteiger partial charge on any atom is -0.381 e. The first-order valence-electron chi connectivity index (χ1n) is 7.31. The summed E-state index contributed by atoms with van der Waals surface area (Å²) in [6.45, 7) is 8.02. The molecule has 0 aliphatic heterocycles. The summed E-state index contributed by atoms with van der Waals surface area (Å²) in [5, 5.41) is 0. The zero-order valence-corrected chi connectivity index (χ0v) is 14.3. The SMILES string of the molecule is Cc1ccc(C(CCl)(CCl)CCOCCC(C)C)cc1. The number of halogens is 2. The van der Waals surface area contributed by atoms with Crippen LogP contribution in [-0.4, -0.2) is 25.0 Å². The van der Waals surface area contributed by atoms with Crippen molar-refractivity contribution < 1.29 is 4.74 Å². The van der Waals surface area contributed by atoms with Crippen LogP contribution in [-0.2, 0) is 10.2 Å². The number of hydrogen-bond donors (Lipinski definition) is 0. The lowest BCUT2D eigenvalue weighted by Crippen LogP contribution is -2.32. The monoisotopic (exact) mass is 316 g/mol. The topological polar surface area (TPSA) is 9.23 Å². The number of ether oxygens (including phenoxy) is 1. The Hall–Kier alpha value is -0.240. The van der Waals surface area contributed by atoms with Gasteiger partial charge >= 0.3 is 0 Å². The van der Waals surface area contributed by atoms with Crippen LogP contribution in [0.2, 0.25) is 0 Å². The summed E-state index contributed by atoms with van der Waals surface area (Å²) in [4.78, 5) is 0. The van der Waals surface area contributed by atoms with E-state index in [2.05, 4.69) is 45.0 Å². The molecule has 0 radical (unpaired) electrons. The summed E-state index contributed by atoms with van der Waals surface area (Å²) >= 11 is 12.4. The van der Waals surface area contributed by atoms with Gasteiger partial charge in [0.15, 0.2) is 0 Å². The molecular formula is C17H26Cl2O. The fourth-order valence-electron chi connectivity index (χ4n) is 2.06. The second kappa shape index (κ2) is 8.92. The van der Waals surface area contributed by atoms with Gasteiger partial charge in [-0.25, -0.2) is 0 Å². The molecule has 1 nitrogen and oxygen atoms in total. The van der Waals surface area contributed by atoms with Crippen molar-refractivity contribution in [2.45, 2.75) is 39.0 Å². The largest absolute Gasteiger partial charge is 0.381 e. The molecule has 0 heterocycles. The van der Waals surface area contributed by atoms with Crippen molar-refractivity contribution in [1.82, 2.24) is 0 Å². The molecule has 0 amide bonds. The average molecular weight is 317 g/mol. The third-order valence-electron chi connectivity index (χ3n) is 3.74. The van der Waals surface area contributed by atoms with Crippen molar-refractivity contribution >= 4 is 23.2 Å². The van der Waals surface area contributed by atoms with E-state index in [9.17, 15) is 0 Å². The lowest BCUT2D eigenvalue weighted by atomic mass is 9.81. The Morgan fingerprint density at radius 1 is 1.05 bits per heavy atom. The van der Waals surface area contributed by atoms with E-state index in [0.717, 1.165) is 19.4 Å². The molecule has 0 saturated heterocycles. The number of rotatable bonds is 9. The predicted molar refractivity (Wildman–Crippen MR) is 89.2 cm³/mol. The summed E-state index contributed by atoms with van der Waals surface area (Å²) in [5.41, 5.74) is 2.27. The van der Waals surface area contributed by atoms with Crippen LogP contribution in [0, 0.1) is 12.8 Å². The molecule has 0 aliphatic rings. The first-order valence-corrected chi connectivity index (χ1v) is 8.38. The third kappa shape index (κ3) is 5.27. The highest BCUT2D eigenvalue weighted by molar-refractivity contribution is 6.22. The van der Waals surface area contributed by atoms with Gasteiger partial charge in [0.25, 0.3) is 0 Å². The fourth-order valence-corrected chi connectivity index (χ4v) is 2.93. The Morgan fingerprint density at radius 2 is 1.65 bits per heavy atom. The minimum absolute atomic E-state index is 0.186. The molecule has 0 fully saturated rings. The van der Waals surface area contributed by atoms with Crippen LogP contribution in [0.4, 0.5) is 0 Å². The molecule has 0 unspecified atom stereocenters. The standard InChI is InChI=1S/C17H26Cl2O/c1-14(2)8-10-20-11-9-17(12-18,13-19)16-6-4-15(3)5-7-16/h4-7,14H,8-13H2,1-3H3. The van der Waals surface area contributed by atoms with E-state index in [1.165, 1.54) is 11.1 Å². The van der Waals surface area contributed by atoms with Crippen molar-refractivity contribution in [3.63, 3.8) is 0 Å².